The summed E-state index contributed by atoms with van der Waals surface area (Å²) in [5, 5.41) is 12.8. The van der Waals surface area contributed by atoms with E-state index in [0.717, 1.165) is 5.39 Å². The van der Waals surface area contributed by atoms with E-state index in [1.165, 1.54) is 18.4 Å². The van der Waals surface area contributed by atoms with Crippen LogP contribution in [0.1, 0.15) is 20.9 Å². The summed E-state index contributed by atoms with van der Waals surface area (Å²) in [6, 6.07) is 25.2. The lowest BCUT2D eigenvalue weighted by Crippen LogP contribution is -2.11. The first-order chi connectivity index (χ1) is 18.6. The number of rotatable bonds is 8. The number of benzene rings is 3. The first-order valence-corrected chi connectivity index (χ1v) is 12.4. The van der Waals surface area contributed by atoms with E-state index < -0.39 is 5.63 Å². The highest BCUT2D eigenvalue weighted by Crippen LogP contribution is 2.31. The number of carbonyl (C=O) groups excluding carboxylic acids is 1. The molecule has 38 heavy (non-hydrogen) atoms. The molecule has 5 rings (SSSR count). The van der Waals surface area contributed by atoms with Crippen molar-refractivity contribution >= 4 is 39.7 Å². The monoisotopic (exact) mass is 520 g/mol. The van der Waals surface area contributed by atoms with Crippen LogP contribution in [0.2, 0.25) is 0 Å². The van der Waals surface area contributed by atoms with Gasteiger partial charge < -0.3 is 13.9 Å². The number of hydrogen-bond donors (Lipinski definition) is 0. The standard InChI is InChI=1S/C30H20N2O5S/c1-35-28-14-19(11-12-27(28)36-17-25(33)20-7-3-2-4-8-20)13-22(16-31)29-32-24(18-38-29)23-15-21-9-5-6-10-26(21)37-30(23)34/h2-15,18H,17H2,1H3. The number of thiazole rings is 1. The van der Waals surface area contributed by atoms with Crippen LogP contribution in [0.4, 0.5) is 0 Å². The maximum atomic E-state index is 12.5. The third-order valence-electron chi connectivity index (χ3n) is 5.73. The van der Waals surface area contributed by atoms with Crippen molar-refractivity contribution in [2.24, 2.45) is 0 Å². The highest BCUT2D eigenvalue weighted by atomic mass is 32.1. The second-order valence-corrected chi connectivity index (χ2v) is 9.04. The summed E-state index contributed by atoms with van der Waals surface area (Å²) >= 11 is 1.26. The zero-order valence-electron chi connectivity index (χ0n) is 20.2. The van der Waals surface area contributed by atoms with E-state index in [2.05, 4.69) is 11.1 Å². The molecule has 0 aliphatic rings. The van der Waals surface area contributed by atoms with Gasteiger partial charge in [0.25, 0.3) is 0 Å². The van der Waals surface area contributed by atoms with E-state index in [1.807, 2.05) is 18.2 Å². The lowest BCUT2D eigenvalue weighted by atomic mass is 10.1. The number of fused-ring (bicyclic) bond motifs is 1. The van der Waals surface area contributed by atoms with Gasteiger partial charge in [-0.1, -0.05) is 54.6 Å². The summed E-state index contributed by atoms with van der Waals surface area (Å²) < 4.78 is 16.6. The molecular formula is C30H20N2O5S. The molecule has 0 N–H and O–H groups in total. The van der Waals surface area contributed by atoms with Crippen LogP contribution >= 0.6 is 11.3 Å². The van der Waals surface area contributed by atoms with Crippen LogP contribution < -0.4 is 15.1 Å². The number of nitriles is 1. The Morgan fingerprint density at radius 2 is 1.84 bits per heavy atom. The molecular weight excluding hydrogens is 500 g/mol. The molecule has 7 nitrogen and oxygen atoms in total. The van der Waals surface area contributed by atoms with Crippen LogP contribution in [0.3, 0.4) is 0 Å². The lowest BCUT2D eigenvalue weighted by molar-refractivity contribution is 0.0919. The molecule has 0 atom stereocenters. The van der Waals surface area contributed by atoms with Gasteiger partial charge in [0.05, 0.1) is 23.9 Å². The summed E-state index contributed by atoms with van der Waals surface area (Å²) in [6.07, 6.45) is 1.67. The molecule has 0 bridgehead atoms. The van der Waals surface area contributed by atoms with Crippen molar-refractivity contribution in [1.29, 1.82) is 5.26 Å². The number of aromatic nitrogens is 1. The number of nitrogens with zero attached hydrogens (tertiary/aromatic N) is 2. The number of methoxy groups -OCH3 is 1. The molecule has 0 aliphatic carbocycles. The van der Waals surface area contributed by atoms with E-state index >= 15 is 0 Å². The average Bonchev–Trinajstić information content (AvgIpc) is 3.44. The highest BCUT2D eigenvalue weighted by molar-refractivity contribution is 7.11. The summed E-state index contributed by atoms with van der Waals surface area (Å²) in [5.41, 5.74) is 2.35. The van der Waals surface area contributed by atoms with Gasteiger partial charge in [0.15, 0.2) is 23.9 Å². The van der Waals surface area contributed by atoms with E-state index in [0.29, 0.717) is 50.0 Å². The van der Waals surface area contributed by atoms with E-state index in [4.69, 9.17) is 13.9 Å². The van der Waals surface area contributed by atoms with Crippen molar-refractivity contribution in [1.82, 2.24) is 4.98 Å². The molecule has 0 fully saturated rings. The number of carbonyl (C=O) groups is 1. The Morgan fingerprint density at radius 3 is 2.63 bits per heavy atom. The number of hydrogen-bond acceptors (Lipinski definition) is 8. The predicted molar refractivity (Wildman–Crippen MR) is 146 cm³/mol. The van der Waals surface area contributed by atoms with Crippen LogP contribution in [0.5, 0.6) is 11.5 Å². The Morgan fingerprint density at radius 1 is 1.05 bits per heavy atom. The Hall–Kier alpha value is -5.00. The lowest BCUT2D eigenvalue weighted by Gasteiger charge is -2.11. The minimum absolute atomic E-state index is 0.135. The number of para-hydroxylation sites is 1. The molecule has 0 amide bonds. The predicted octanol–water partition coefficient (Wildman–Crippen LogP) is 6.25. The summed E-state index contributed by atoms with van der Waals surface area (Å²) in [5.74, 6) is 0.681. The fraction of sp³-hybridized carbons (Fsp3) is 0.0667. The molecule has 5 aromatic rings. The average molecular weight is 521 g/mol. The van der Waals surface area contributed by atoms with Gasteiger partial charge in [0.1, 0.15) is 16.7 Å². The Labute approximate surface area is 221 Å². The SMILES string of the molecule is COc1cc(C=C(C#N)c2nc(-c3cc4ccccc4oc3=O)cs2)ccc1OCC(=O)c1ccccc1. The van der Waals surface area contributed by atoms with Crippen LogP contribution in [0, 0.1) is 11.3 Å². The van der Waals surface area contributed by atoms with Gasteiger partial charge in [-0.2, -0.15) is 5.26 Å². The smallest absolute Gasteiger partial charge is 0.345 e. The molecule has 0 radical (unpaired) electrons. The minimum atomic E-state index is -0.492. The van der Waals surface area contributed by atoms with E-state index in [9.17, 15) is 14.9 Å². The summed E-state index contributed by atoms with van der Waals surface area (Å²) in [4.78, 5) is 29.4. The third-order valence-corrected chi connectivity index (χ3v) is 6.60. The molecule has 2 heterocycles. The Kier molecular flexibility index (Phi) is 7.11. The zero-order valence-corrected chi connectivity index (χ0v) is 21.0. The number of allylic oxidation sites excluding steroid dienone is 1. The highest BCUT2D eigenvalue weighted by Gasteiger charge is 2.15. The van der Waals surface area contributed by atoms with Gasteiger partial charge in [0, 0.05) is 16.3 Å². The molecule has 0 spiro atoms. The zero-order chi connectivity index (χ0) is 26.5. The normalized spacial score (nSPS) is 11.2. The van der Waals surface area contributed by atoms with Crippen LogP contribution in [0.25, 0.3) is 33.9 Å². The van der Waals surface area contributed by atoms with Gasteiger partial charge in [-0.15, -0.1) is 11.3 Å². The van der Waals surface area contributed by atoms with Crippen LogP contribution in [0.15, 0.2) is 93.5 Å². The van der Waals surface area contributed by atoms with Crippen molar-refractivity contribution in [3.05, 3.63) is 111 Å². The van der Waals surface area contributed by atoms with Crippen molar-refractivity contribution in [2.75, 3.05) is 13.7 Å². The summed E-state index contributed by atoms with van der Waals surface area (Å²) in [7, 11) is 1.50. The second-order valence-electron chi connectivity index (χ2n) is 8.18. The number of Topliss-reactive ketones (excluding diaryl/α,β-unsaturated/α-hetero) is 1. The molecule has 186 valence electrons. The van der Waals surface area contributed by atoms with Gasteiger partial charge in [-0.3, -0.25) is 4.79 Å². The second kappa shape index (κ2) is 10.9. The van der Waals surface area contributed by atoms with Gasteiger partial charge >= 0.3 is 5.63 Å². The maximum Gasteiger partial charge on any atom is 0.345 e. The molecule has 0 saturated heterocycles. The van der Waals surface area contributed by atoms with Gasteiger partial charge in [-0.25, -0.2) is 9.78 Å². The number of ether oxygens (including phenoxy) is 2. The van der Waals surface area contributed by atoms with Crippen LogP contribution in [-0.4, -0.2) is 24.5 Å². The molecule has 0 saturated carbocycles. The topological polar surface area (TPSA) is 102 Å². The molecule has 8 heteroatoms. The molecule has 2 aromatic heterocycles. The summed E-state index contributed by atoms with van der Waals surface area (Å²) in [6.45, 7) is -0.135. The Bertz CT molecular complexity index is 1760. The fourth-order valence-corrected chi connectivity index (χ4v) is 4.60. The van der Waals surface area contributed by atoms with Crippen LogP contribution in [-0.2, 0) is 0 Å². The van der Waals surface area contributed by atoms with Crippen molar-refractivity contribution in [2.45, 2.75) is 0 Å². The number of ketones is 1. The first-order valence-electron chi connectivity index (χ1n) is 11.6. The molecule has 3 aromatic carbocycles. The minimum Gasteiger partial charge on any atom is -0.493 e. The van der Waals surface area contributed by atoms with Crippen molar-refractivity contribution in [3.8, 4) is 28.8 Å². The first kappa shape index (κ1) is 24.7. The van der Waals surface area contributed by atoms with Gasteiger partial charge in [0.2, 0.25) is 0 Å². The fourth-order valence-electron chi connectivity index (χ4n) is 3.81. The maximum absolute atomic E-state index is 12.5. The largest absolute Gasteiger partial charge is 0.493 e. The van der Waals surface area contributed by atoms with Crippen molar-refractivity contribution < 1.29 is 18.7 Å². The molecule has 0 aliphatic heterocycles. The van der Waals surface area contributed by atoms with E-state index in [-0.39, 0.29) is 12.4 Å². The van der Waals surface area contributed by atoms with Gasteiger partial charge in [-0.05, 0) is 35.9 Å². The Balaban J connectivity index is 1.38. The third kappa shape index (κ3) is 5.24. The molecule has 0 unspecified atom stereocenters. The quantitative estimate of drug-likeness (QED) is 0.135. The van der Waals surface area contributed by atoms with Crippen molar-refractivity contribution in [3.63, 3.8) is 0 Å². The van der Waals surface area contributed by atoms with E-state index in [1.54, 1.807) is 72.1 Å².